The van der Waals surface area contributed by atoms with Crippen LogP contribution in [0.5, 0.6) is 5.75 Å². The molecule has 4 aromatic rings. The number of ether oxygens (including phenoxy) is 1. The molecule has 182 valence electrons. The van der Waals surface area contributed by atoms with Crippen molar-refractivity contribution in [1.29, 1.82) is 5.53 Å². The van der Waals surface area contributed by atoms with E-state index >= 15 is 0 Å². The van der Waals surface area contributed by atoms with Gasteiger partial charge in [0.15, 0.2) is 11.7 Å². The predicted octanol–water partition coefficient (Wildman–Crippen LogP) is 1.78. The molecule has 0 fully saturated rings. The lowest BCUT2D eigenvalue weighted by Crippen LogP contribution is -2.10. The number of hydrogen-bond donors (Lipinski definition) is 4. The van der Waals surface area contributed by atoms with Crippen molar-refractivity contribution in [1.82, 2.24) is 4.91 Å². The SMILES string of the molecule is N=[N+]=NC(=O)COc1cc(S(=O)(=O)O)c2ccc3c(S(=O)(=O)O)cc(S(=O)(=O)O)c4ccc1c2c43. The predicted molar refractivity (Wildman–Crippen MR) is 117 cm³/mol. The van der Waals surface area contributed by atoms with E-state index in [2.05, 4.69) is 10.0 Å². The van der Waals surface area contributed by atoms with Gasteiger partial charge in [0.05, 0.1) is 0 Å². The summed E-state index contributed by atoms with van der Waals surface area (Å²) in [5.41, 5.74) is 6.58. The fourth-order valence-electron chi connectivity index (χ4n) is 3.85. The zero-order chi connectivity index (χ0) is 25.9. The van der Waals surface area contributed by atoms with Gasteiger partial charge in [-0.15, -0.1) is 0 Å². The smallest absolute Gasteiger partial charge is 0.367 e. The Morgan fingerprint density at radius 1 is 0.771 bits per heavy atom. The molecule has 1 amide bonds. The topological polar surface area (TPSA) is 240 Å². The minimum absolute atomic E-state index is 0.0508. The van der Waals surface area contributed by atoms with Crippen LogP contribution in [0.25, 0.3) is 32.3 Å². The van der Waals surface area contributed by atoms with Crippen molar-refractivity contribution in [3.05, 3.63) is 36.4 Å². The second-order valence-electron chi connectivity index (χ2n) is 7.12. The monoisotopic (exact) mass is 542 g/mol. The maximum atomic E-state index is 12.1. The van der Waals surface area contributed by atoms with Crippen LogP contribution in [0, 0.1) is 5.53 Å². The highest BCUT2D eigenvalue weighted by atomic mass is 32.2. The summed E-state index contributed by atoms with van der Waals surface area (Å²) in [7, 11) is -15.0. The molecule has 0 aliphatic carbocycles. The molecule has 35 heavy (non-hydrogen) atoms. The Morgan fingerprint density at radius 2 is 1.17 bits per heavy atom. The molecule has 0 unspecified atom stereocenters. The van der Waals surface area contributed by atoms with Gasteiger partial charge in [0, 0.05) is 38.4 Å². The van der Waals surface area contributed by atoms with Crippen molar-refractivity contribution in [3.63, 3.8) is 0 Å². The zero-order valence-electron chi connectivity index (χ0n) is 16.9. The number of nitrogens with one attached hydrogen (secondary N) is 1. The standard InChI is InChI=1S/C18H11N3O11S3/c19-21-20-16(22)7-32-12-5-13(33(23,24)25)9-3-4-11-15(35(29,30)31)6-14(34(26,27)28)10-2-1-8(12)17(9)18(10)11/h1-6,19H,7H2,(H2-,23,24,25,26,27,28,29,30,31)/p+1. The summed E-state index contributed by atoms with van der Waals surface area (Å²) in [6, 6.07) is 6.08. The second-order valence-corrected chi connectivity index (χ2v) is 11.3. The van der Waals surface area contributed by atoms with Crippen LogP contribution >= 0.6 is 0 Å². The Kier molecular flexibility index (Phi) is 5.61. The number of amides is 1. The number of hydrogen-bond acceptors (Lipinski definition) is 9. The average Bonchev–Trinajstić information content (AvgIpc) is 2.73. The Morgan fingerprint density at radius 3 is 1.60 bits per heavy atom. The molecule has 0 aromatic heterocycles. The summed E-state index contributed by atoms with van der Waals surface area (Å²) >= 11 is 0. The molecule has 0 saturated heterocycles. The van der Waals surface area contributed by atoms with E-state index in [9.17, 15) is 43.7 Å². The van der Waals surface area contributed by atoms with Gasteiger partial charge in [-0.2, -0.15) is 25.3 Å². The minimum atomic E-state index is -5.05. The van der Waals surface area contributed by atoms with E-state index in [1.807, 2.05) is 0 Å². The molecule has 4 rings (SSSR count). The fourth-order valence-corrected chi connectivity index (χ4v) is 6.06. The van der Waals surface area contributed by atoms with Gasteiger partial charge >= 0.3 is 5.91 Å². The van der Waals surface area contributed by atoms with Crippen molar-refractivity contribution >= 4 is 68.6 Å². The largest absolute Gasteiger partial charge is 0.483 e. The van der Waals surface area contributed by atoms with Gasteiger partial charge in [-0.25, -0.2) is 0 Å². The van der Waals surface area contributed by atoms with E-state index in [0.717, 1.165) is 18.2 Å². The van der Waals surface area contributed by atoms with Crippen LogP contribution in [0.3, 0.4) is 0 Å². The van der Waals surface area contributed by atoms with Crippen LogP contribution in [0.2, 0.25) is 0 Å². The highest BCUT2D eigenvalue weighted by molar-refractivity contribution is 7.87. The molecule has 4 N–H and O–H groups in total. The Hall–Kier alpha value is -3.57. The van der Waals surface area contributed by atoms with Crippen LogP contribution in [-0.4, -0.2) is 51.4 Å². The molecule has 0 atom stereocenters. The first-order valence-electron chi connectivity index (χ1n) is 9.08. The van der Waals surface area contributed by atoms with Gasteiger partial charge < -0.3 is 4.74 Å². The molecule has 0 spiro atoms. The number of nitrogens with zero attached hydrogens (tertiary/aromatic N) is 2. The fraction of sp³-hybridized carbons (Fsp3) is 0.0556. The molecule has 0 bridgehead atoms. The van der Waals surface area contributed by atoms with Crippen LogP contribution in [-0.2, 0) is 35.1 Å². The molecule has 17 heteroatoms. The van der Waals surface area contributed by atoms with Crippen LogP contribution in [0.15, 0.2) is 56.2 Å². The second kappa shape index (κ2) is 7.99. The van der Waals surface area contributed by atoms with E-state index in [4.69, 9.17) is 10.3 Å². The van der Waals surface area contributed by atoms with Gasteiger partial charge in [-0.3, -0.25) is 18.5 Å². The lowest BCUT2D eigenvalue weighted by atomic mass is 9.93. The molecule has 0 heterocycles. The first kappa shape index (κ1) is 24.6. The molecular formula is C18H12N3O11S3+. The maximum absolute atomic E-state index is 12.1. The molecule has 0 radical (unpaired) electrons. The van der Waals surface area contributed by atoms with E-state index in [-0.39, 0.29) is 38.1 Å². The third-order valence-corrected chi connectivity index (χ3v) is 7.77. The summed E-state index contributed by atoms with van der Waals surface area (Å²) in [5.74, 6) is -1.32. The van der Waals surface area contributed by atoms with Gasteiger partial charge in [0.25, 0.3) is 30.4 Å². The van der Waals surface area contributed by atoms with Gasteiger partial charge in [-0.05, 0) is 12.1 Å². The minimum Gasteiger partial charge on any atom is -0.483 e. The van der Waals surface area contributed by atoms with E-state index < -0.39 is 57.6 Å². The Labute approximate surface area is 195 Å². The molecule has 0 aliphatic heterocycles. The summed E-state index contributed by atoms with van der Waals surface area (Å²) in [6.45, 7) is -0.802. The highest BCUT2D eigenvalue weighted by Crippen LogP contribution is 2.45. The molecule has 14 nitrogen and oxygen atoms in total. The first-order chi connectivity index (χ1) is 16.1. The quantitative estimate of drug-likeness (QED) is 0.118. The third-order valence-electron chi connectivity index (χ3n) is 5.09. The van der Waals surface area contributed by atoms with Crippen molar-refractivity contribution in [2.45, 2.75) is 14.7 Å². The van der Waals surface area contributed by atoms with Gasteiger partial charge in [-0.1, -0.05) is 18.2 Å². The number of rotatable bonds is 6. The van der Waals surface area contributed by atoms with Gasteiger partial charge in [0.2, 0.25) is 4.91 Å². The van der Waals surface area contributed by atoms with Crippen molar-refractivity contribution in [3.8, 4) is 5.75 Å². The Bertz CT molecular complexity index is 1890. The van der Waals surface area contributed by atoms with Crippen LogP contribution < -0.4 is 9.65 Å². The molecular weight excluding hydrogens is 530 g/mol. The lowest BCUT2D eigenvalue weighted by Gasteiger charge is -2.18. The van der Waals surface area contributed by atoms with E-state index in [1.165, 1.54) is 12.1 Å². The third kappa shape index (κ3) is 4.21. The summed E-state index contributed by atoms with van der Waals surface area (Å²) in [4.78, 5) is 11.7. The maximum Gasteiger partial charge on any atom is 0.367 e. The van der Waals surface area contributed by atoms with Crippen molar-refractivity contribution in [2.75, 3.05) is 6.61 Å². The normalized spacial score (nSPS) is 12.8. The molecule has 4 aromatic carbocycles. The molecule has 0 saturated carbocycles. The first-order valence-corrected chi connectivity index (χ1v) is 13.4. The van der Waals surface area contributed by atoms with E-state index in [1.54, 1.807) is 0 Å². The van der Waals surface area contributed by atoms with E-state index in [0.29, 0.717) is 6.07 Å². The number of benzene rings is 4. The van der Waals surface area contributed by atoms with Gasteiger partial charge in [0.1, 0.15) is 26.0 Å². The lowest BCUT2D eigenvalue weighted by molar-refractivity contribution is -0.120. The Balaban J connectivity index is 2.28. The summed E-state index contributed by atoms with van der Waals surface area (Å²) in [6.07, 6.45) is 0. The van der Waals surface area contributed by atoms with Crippen LogP contribution in [0.1, 0.15) is 0 Å². The summed E-state index contributed by atoms with van der Waals surface area (Å²) < 4.78 is 107. The van der Waals surface area contributed by atoms with Crippen molar-refractivity contribution in [2.24, 2.45) is 5.11 Å². The summed E-state index contributed by atoms with van der Waals surface area (Å²) in [5, 5.41) is 2.01. The van der Waals surface area contributed by atoms with Crippen LogP contribution in [0.4, 0.5) is 0 Å². The zero-order valence-corrected chi connectivity index (χ0v) is 19.3. The number of carbonyl (C=O) groups excluding carboxylic acids is 1. The van der Waals surface area contributed by atoms with Crippen molar-refractivity contribution < 1.29 is 48.4 Å². The number of carbonyl (C=O) groups is 1. The highest BCUT2D eigenvalue weighted by Gasteiger charge is 2.28. The average molecular weight is 543 g/mol. The molecule has 0 aliphatic rings.